The van der Waals surface area contributed by atoms with Crippen LogP contribution in [0.15, 0.2) is 30.3 Å². The van der Waals surface area contributed by atoms with Crippen LogP contribution in [0.25, 0.3) is 0 Å². The van der Waals surface area contributed by atoms with E-state index in [-0.39, 0.29) is 5.78 Å². The summed E-state index contributed by atoms with van der Waals surface area (Å²) in [4.78, 5) is 15.6. The first-order chi connectivity index (χ1) is 11.2. The highest BCUT2D eigenvalue weighted by atomic mass is 35.5. The summed E-state index contributed by atoms with van der Waals surface area (Å²) in [6.45, 7) is 3.33. The van der Waals surface area contributed by atoms with Crippen LogP contribution in [-0.4, -0.2) is 32.1 Å². The molecule has 120 valence electrons. The minimum Gasteiger partial charge on any atom is -0.378 e. The largest absolute Gasteiger partial charge is 0.378 e. The van der Waals surface area contributed by atoms with Gasteiger partial charge in [-0.1, -0.05) is 23.7 Å². The summed E-state index contributed by atoms with van der Waals surface area (Å²) in [5.74, 6) is 0.584. The van der Waals surface area contributed by atoms with Crippen LogP contribution in [-0.2, 0) is 4.74 Å². The van der Waals surface area contributed by atoms with Gasteiger partial charge in [0.15, 0.2) is 5.78 Å². The Bertz CT molecular complexity index is 719. The van der Waals surface area contributed by atoms with Crippen LogP contribution in [0.5, 0.6) is 0 Å². The lowest BCUT2D eigenvalue weighted by atomic mass is 9.82. The maximum Gasteiger partial charge on any atom is 0.173 e. The molecule has 0 saturated carbocycles. The molecule has 0 spiro atoms. The molecule has 0 radical (unpaired) electrons. The minimum absolute atomic E-state index is 0.287. The number of rotatable bonds is 2. The number of ketones is 1. The van der Waals surface area contributed by atoms with Gasteiger partial charge < -0.3 is 9.64 Å². The van der Waals surface area contributed by atoms with Crippen molar-refractivity contribution in [3.05, 3.63) is 51.4 Å². The normalized spacial score (nSPS) is 21.3. The molecule has 0 amide bonds. The average Bonchev–Trinajstić information content (AvgIpc) is 3.03. The van der Waals surface area contributed by atoms with E-state index >= 15 is 0 Å². The van der Waals surface area contributed by atoms with Gasteiger partial charge in [-0.3, -0.25) is 4.79 Å². The lowest BCUT2D eigenvalue weighted by Gasteiger charge is -2.27. The van der Waals surface area contributed by atoms with E-state index in [0.29, 0.717) is 12.3 Å². The molecule has 1 saturated heterocycles. The molecule has 1 aliphatic carbocycles. The quantitative estimate of drug-likeness (QED) is 0.809. The van der Waals surface area contributed by atoms with Crippen LogP contribution in [0, 0.1) is 0 Å². The summed E-state index contributed by atoms with van der Waals surface area (Å²) < 4.78 is 5.43. The summed E-state index contributed by atoms with van der Waals surface area (Å²) >= 11 is 7.66. The number of fused-ring (bicyclic) bond motifs is 1. The van der Waals surface area contributed by atoms with Gasteiger partial charge in [0.05, 0.1) is 23.1 Å². The van der Waals surface area contributed by atoms with Gasteiger partial charge in [0, 0.05) is 30.5 Å². The molecule has 2 aromatic rings. The first-order valence-electron chi connectivity index (χ1n) is 7.97. The number of nitrogens with zero attached hydrogens (tertiary/aromatic N) is 1. The highest BCUT2D eigenvalue weighted by Crippen LogP contribution is 2.43. The van der Waals surface area contributed by atoms with Gasteiger partial charge in [0.2, 0.25) is 0 Å². The Kier molecular flexibility index (Phi) is 4.14. The Morgan fingerprint density at radius 1 is 1.17 bits per heavy atom. The number of carbonyl (C=O) groups excluding carboxylic acids is 1. The second kappa shape index (κ2) is 6.27. The number of hydrogen-bond acceptors (Lipinski definition) is 4. The maximum atomic E-state index is 12.4. The van der Waals surface area contributed by atoms with E-state index in [1.165, 1.54) is 16.1 Å². The second-order valence-electron chi connectivity index (χ2n) is 6.03. The van der Waals surface area contributed by atoms with Gasteiger partial charge in [-0.2, -0.15) is 0 Å². The topological polar surface area (TPSA) is 29.5 Å². The van der Waals surface area contributed by atoms with Crippen molar-refractivity contribution >= 4 is 33.7 Å². The Morgan fingerprint density at radius 2 is 1.91 bits per heavy atom. The van der Waals surface area contributed by atoms with Crippen LogP contribution in [0.3, 0.4) is 0 Å². The molecular formula is C18H18ClNO2S. The molecule has 1 atom stereocenters. The molecule has 23 heavy (non-hydrogen) atoms. The first kappa shape index (κ1) is 15.2. The fourth-order valence-electron chi connectivity index (χ4n) is 3.39. The number of halogens is 1. The number of thiophene rings is 1. The van der Waals surface area contributed by atoms with Gasteiger partial charge in [0.25, 0.3) is 0 Å². The SMILES string of the molecule is O=C1CCC(c2ccc(Cl)cc2)c2cc(N3CCOCC3)sc21. The number of benzene rings is 1. The third-order valence-electron chi connectivity index (χ3n) is 4.63. The van der Waals surface area contributed by atoms with Crippen LogP contribution in [0.4, 0.5) is 5.00 Å². The molecule has 0 N–H and O–H groups in total. The zero-order valence-corrected chi connectivity index (χ0v) is 14.3. The maximum absolute atomic E-state index is 12.4. The van der Waals surface area contributed by atoms with Crippen molar-refractivity contribution in [2.24, 2.45) is 0 Å². The van der Waals surface area contributed by atoms with Crippen LogP contribution in [0.2, 0.25) is 5.02 Å². The molecule has 4 rings (SSSR count). The van der Waals surface area contributed by atoms with Crippen molar-refractivity contribution in [2.45, 2.75) is 18.8 Å². The number of Topliss-reactive ketones (excluding diaryl/α,β-unsaturated/α-hetero) is 1. The minimum atomic E-state index is 0.287. The third-order valence-corrected chi connectivity index (χ3v) is 6.14. The third kappa shape index (κ3) is 2.91. The van der Waals surface area contributed by atoms with Crippen molar-refractivity contribution in [3.63, 3.8) is 0 Å². The van der Waals surface area contributed by atoms with E-state index in [2.05, 4.69) is 23.1 Å². The summed E-state index contributed by atoms with van der Waals surface area (Å²) in [7, 11) is 0. The molecule has 2 heterocycles. The van der Waals surface area contributed by atoms with Gasteiger partial charge in [0.1, 0.15) is 0 Å². The molecular weight excluding hydrogens is 330 g/mol. The predicted octanol–water partition coefficient (Wildman–Crippen LogP) is 4.35. The smallest absolute Gasteiger partial charge is 0.173 e. The predicted molar refractivity (Wildman–Crippen MR) is 94.2 cm³/mol. The van der Waals surface area contributed by atoms with E-state index in [4.69, 9.17) is 16.3 Å². The Balaban J connectivity index is 1.70. The number of morpholine rings is 1. The van der Waals surface area contributed by atoms with Crippen molar-refractivity contribution in [2.75, 3.05) is 31.2 Å². The number of hydrogen-bond donors (Lipinski definition) is 0. The summed E-state index contributed by atoms with van der Waals surface area (Å²) in [6, 6.07) is 10.3. The van der Waals surface area contributed by atoms with E-state index in [1.54, 1.807) is 11.3 Å². The molecule has 1 aromatic heterocycles. The van der Waals surface area contributed by atoms with E-state index in [9.17, 15) is 4.79 Å². The van der Waals surface area contributed by atoms with Gasteiger partial charge in [-0.05, 0) is 35.7 Å². The van der Waals surface area contributed by atoms with Crippen molar-refractivity contribution in [3.8, 4) is 0 Å². The molecule has 3 nitrogen and oxygen atoms in total. The van der Waals surface area contributed by atoms with Crippen molar-refractivity contribution < 1.29 is 9.53 Å². The van der Waals surface area contributed by atoms with E-state index in [1.807, 2.05) is 12.1 Å². The fraction of sp³-hybridized carbons (Fsp3) is 0.389. The van der Waals surface area contributed by atoms with Crippen LogP contribution in [0.1, 0.15) is 39.6 Å². The molecule has 2 aliphatic rings. The Morgan fingerprint density at radius 3 is 2.65 bits per heavy atom. The highest BCUT2D eigenvalue weighted by molar-refractivity contribution is 7.18. The summed E-state index contributed by atoms with van der Waals surface area (Å²) in [5, 5.41) is 1.95. The highest BCUT2D eigenvalue weighted by Gasteiger charge is 2.30. The van der Waals surface area contributed by atoms with Gasteiger partial charge >= 0.3 is 0 Å². The van der Waals surface area contributed by atoms with Crippen molar-refractivity contribution in [1.29, 1.82) is 0 Å². The molecule has 0 bridgehead atoms. The summed E-state index contributed by atoms with van der Waals surface area (Å²) in [5.41, 5.74) is 2.43. The number of carbonyl (C=O) groups is 1. The lowest BCUT2D eigenvalue weighted by Crippen LogP contribution is -2.35. The standard InChI is InChI=1S/C18H18ClNO2S/c19-13-3-1-12(2-4-13)14-5-6-16(21)18-15(14)11-17(23-18)20-7-9-22-10-8-20/h1-4,11,14H,5-10H2. The molecule has 1 aliphatic heterocycles. The molecule has 1 aromatic carbocycles. The van der Waals surface area contributed by atoms with E-state index in [0.717, 1.165) is 42.6 Å². The monoisotopic (exact) mass is 347 g/mol. The number of anilines is 1. The Hall–Kier alpha value is -1.36. The van der Waals surface area contributed by atoms with Gasteiger partial charge in [-0.25, -0.2) is 0 Å². The van der Waals surface area contributed by atoms with Gasteiger partial charge in [-0.15, -0.1) is 11.3 Å². The lowest BCUT2D eigenvalue weighted by molar-refractivity contribution is 0.0974. The zero-order chi connectivity index (χ0) is 15.8. The molecule has 5 heteroatoms. The number of ether oxygens (including phenoxy) is 1. The van der Waals surface area contributed by atoms with E-state index < -0.39 is 0 Å². The molecule has 1 fully saturated rings. The Labute approximate surface area is 144 Å². The average molecular weight is 348 g/mol. The summed E-state index contributed by atoms with van der Waals surface area (Å²) in [6.07, 6.45) is 1.51. The second-order valence-corrected chi connectivity index (χ2v) is 7.50. The molecule has 1 unspecified atom stereocenters. The van der Waals surface area contributed by atoms with Crippen LogP contribution >= 0.6 is 22.9 Å². The zero-order valence-electron chi connectivity index (χ0n) is 12.8. The first-order valence-corrected chi connectivity index (χ1v) is 9.17. The van der Waals surface area contributed by atoms with Crippen LogP contribution < -0.4 is 4.90 Å². The van der Waals surface area contributed by atoms with Crippen molar-refractivity contribution in [1.82, 2.24) is 0 Å². The fourth-order valence-corrected chi connectivity index (χ4v) is 4.76.